The molecule has 0 saturated carbocycles. The Kier molecular flexibility index (Phi) is 4.96. The molecule has 1 aliphatic heterocycles. The number of carbonyl (C=O) groups excluding carboxylic acids is 1. The van der Waals surface area contributed by atoms with Gasteiger partial charge in [-0.2, -0.15) is 0 Å². The second-order valence-electron chi connectivity index (χ2n) is 5.60. The van der Waals surface area contributed by atoms with Crippen LogP contribution in [-0.2, 0) is 17.8 Å². The van der Waals surface area contributed by atoms with Gasteiger partial charge in [-0.05, 0) is 23.8 Å². The van der Waals surface area contributed by atoms with Gasteiger partial charge in [-0.25, -0.2) is 4.39 Å². The first-order valence-corrected chi connectivity index (χ1v) is 8.28. The number of halogens is 2. The van der Waals surface area contributed by atoms with E-state index in [9.17, 15) is 9.18 Å². The van der Waals surface area contributed by atoms with E-state index in [1.165, 1.54) is 4.90 Å². The zero-order chi connectivity index (χ0) is 16.2. The van der Waals surface area contributed by atoms with Crippen LogP contribution in [-0.4, -0.2) is 30.1 Å². The summed E-state index contributed by atoms with van der Waals surface area (Å²) in [6.07, 6.45) is -0.661. The van der Waals surface area contributed by atoms with Crippen molar-refractivity contribution in [3.05, 3.63) is 64.1 Å². The summed E-state index contributed by atoms with van der Waals surface area (Å²) < 4.78 is 19.6. The molecule has 23 heavy (non-hydrogen) atoms. The minimum absolute atomic E-state index is 0.0680. The number of rotatable bonds is 5. The van der Waals surface area contributed by atoms with Gasteiger partial charge in [0, 0.05) is 10.0 Å². The molecule has 3 rings (SSSR count). The van der Waals surface area contributed by atoms with E-state index in [0.717, 1.165) is 15.6 Å². The summed E-state index contributed by atoms with van der Waals surface area (Å²) in [5.74, 6) is 0.615. The van der Waals surface area contributed by atoms with Gasteiger partial charge in [0.1, 0.15) is 18.5 Å². The van der Waals surface area contributed by atoms with Crippen molar-refractivity contribution in [2.24, 2.45) is 0 Å². The second-order valence-corrected chi connectivity index (χ2v) is 6.51. The highest BCUT2D eigenvalue weighted by molar-refractivity contribution is 9.10. The zero-order valence-corrected chi connectivity index (χ0v) is 14.1. The maximum absolute atomic E-state index is 12.9. The number of ether oxygens (including phenoxy) is 1. The Labute approximate surface area is 143 Å². The molecule has 1 fully saturated rings. The molecule has 2 aromatic rings. The van der Waals surface area contributed by atoms with Crippen LogP contribution in [0.3, 0.4) is 0 Å². The van der Waals surface area contributed by atoms with E-state index in [-0.39, 0.29) is 25.4 Å². The first kappa shape index (κ1) is 16.0. The molecule has 1 saturated heterocycles. The van der Waals surface area contributed by atoms with Crippen LogP contribution in [0.15, 0.2) is 53.0 Å². The van der Waals surface area contributed by atoms with E-state index in [1.807, 2.05) is 48.5 Å². The monoisotopic (exact) mass is 377 g/mol. The standard InChI is InChI=1S/C18H17BrFNO2/c19-15-6-7-17(23-12-13-4-2-1-3-5-13)14(8-15)9-18(22)21-10-16(20)11-21/h1-8,16H,9-12H2. The van der Waals surface area contributed by atoms with Gasteiger partial charge in [-0.3, -0.25) is 4.79 Å². The van der Waals surface area contributed by atoms with Gasteiger partial charge in [0.05, 0.1) is 19.5 Å². The van der Waals surface area contributed by atoms with Crippen molar-refractivity contribution in [1.82, 2.24) is 4.90 Å². The molecule has 1 aliphatic rings. The van der Waals surface area contributed by atoms with Crippen LogP contribution < -0.4 is 4.74 Å². The van der Waals surface area contributed by atoms with Crippen molar-refractivity contribution in [3.63, 3.8) is 0 Å². The lowest BCUT2D eigenvalue weighted by Gasteiger charge is -2.34. The fourth-order valence-corrected chi connectivity index (χ4v) is 2.87. The van der Waals surface area contributed by atoms with Gasteiger partial charge in [-0.15, -0.1) is 0 Å². The largest absolute Gasteiger partial charge is 0.489 e. The summed E-state index contributed by atoms with van der Waals surface area (Å²) >= 11 is 3.42. The van der Waals surface area contributed by atoms with Crippen molar-refractivity contribution in [2.45, 2.75) is 19.2 Å². The fraction of sp³-hybridized carbons (Fsp3) is 0.278. The van der Waals surface area contributed by atoms with Gasteiger partial charge in [0.25, 0.3) is 0 Å². The molecular formula is C18H17BrFNO2. The number of alkyl halides is 1. The molecule has 0 spiro atoms. The molecule has 0 aromatic heterocycles. The highest BCUT2D eigenvalue weighted by atomic mass is 79.9. The summed E-state index contributed by atoms with van der Waals surface area (Å²) in [4.78, 5) is 13.7. The number of hydrogen-bond acceptors (Lipinski definition) is 2. The predicted molar refractivity (Wildman–Crippen MR) is 90.1 cm³/mol. The number of amides is 1. The van der Waals surface area contributed by atoms with Gasteiger partial charge in [0.15, 0.2) is 0 Å². The Bertz CT molecular complexity index is 687. The molecule has 2 aromatic carbocycles. The Hall–Kier alpha value is -1.88. The summed E-state index contributed by atoms with van der Waals surface area (Å²) in [6, 6.07) is 15.5. The van der Waals surface area contributed by atoms with Gasteiger partial charge >= 0.3 is 0 Å². The Morgan fingerprint density at radius 1 is 1.22 bits per heavy atom. The van der Waals surface area contributed by atoms with Crippen LogP contribution in [0, 0.1) is 0 Å². The predicted octanol–water partition coefficient (Wildman–Crippen LogP) is 3.75. The summed E-state index contributed by atoms with van der Waals surface area (Å²) in [6.45, 7) is 0.847. The van der Waals surface area contributed by atoms with Gasteiger partial charge in [-0.1, -0.05) is 46.3 Å². The third kappa shape index (κ3) is 4.10. The van der Waals surface area contributed by atoms with Crippen LogP contribution >= 0.6 is 15.9 Å². The van der Waals surface area contributed by atoms with Gasteiger partial charge in [0.2, 0.25) is 5.91 Å². The van der Waals surface area contributed by atoms with Crippen molar-refractivity contribution in [2.75, 3.05) is 13.1 Å². The number of benzene rings is 2. The normalized spacial score (nSPS) is 14.4. The topological polar surface area (TPSA) is 29.5 Å². The molecule has 0 radical (unpaired) electrons. The molecular weight excluding hydrogens is 361 g/mol. The van der Waals surface area contributed by atoms with Crippen LogP contribution in [0.2, 0.25) is 0 Å². The molecule has 0 N–H and O–H groups in total. The first-order chi connectivity index (χ1) is 11.1. The first-order valence-electron chi connectivity index (χ1n) is 7.49. The average Bonchev–Trinajstić information content (AvgIpc) is 2.52. The Balaban J connectivity index is 1.68. The van der Waals surface area contributed by atoms with E-state index >= 15 is 0 Å². The van der Waals surface area contributed by atoms with E-state index < -0.39 is 6.17 Å². The zero-order valence-electron chi connectivity index (χ0n) is 12.5. The van der Waals surface area contributed by atoms with Crippen LogP contribution in [0.5, 0.6) is 5.75 Å². The van der Waals surface area contributed by atoms with Crippen LogP contribution in [0.25, 0.3) is 0 Å². The molecule has 120 valence electrons. The van der Waals surface area contributed by atoms with E-state index in [0.29, 0.717) is 12.4 Å². The van der Waals surface area contributed by atoms with Crippen LogP contribution in [0.1, 0.15) is 11.1 Å². The lowest BCUT2D eigenvalue weighted by molar-refractivity contribution is -0.137. The van der Waals surface area contributed by atoms with Crippen molar-refractivity contribution < 1.29 is 13.9 Å². The van der Waals surface area contributed by atoms with Crippen LogP contribution in [0.4, 0.5) is 4.39 Å². The minimum Gasteiger partial charge on any atom is -0.489 e. The molecule has 5 heteroatoms. The molecule has 3 nitrogen and oxygen atoms in total. The molecule has 0 unspecified atom stereocenters. The van der Waals surface area contributed by atoms with E-state index in [1.54, 1.807) is 0 Å². The van der Waals surface area contributed by atoms with Crippen molar-refractivity contribution in [1.29, 1.82) is 0 Å². The number of hydrogen-bond donors (Lipinski definition) is 0. The number of carbonyl (C=O) groups is 1. The SMILES string of the molecule is O=C(Cc1cc(Br)ccc1OCc1ccccc1)N1CC(F)C1. The highest BCUT2D eigenvalue weighted by Gasteiger charge is 2.30. The van der Waals surface area contributed by atoms with E-state index in [4.69, 9.17) is 4.74 Å². The Morgan fingerprint density at radius 2 is 1.96 bits per heavy atom. The Morgan fingerprint density at radius 3 is 2.65 bits per heavy atom. The molecule has 0 bridgehead atoms. The number of likely N-dealkylation sites (tertiary alicyclic amines) is 1. The molecule has 1 heterocycles. The quantitative estimate of drug-likeness (QED) is 0.793. The fourth-order valence-electron chi connectivity index (χ4n) is 2.47. The molecule has 1 amide bonds. The minimum atomic E-state index is -0.879. The average molecular weight is 378 g/mol. The molecule has 0 aliphatic carbocycles. The lowest BCUT2D eigenvalue weighted by Crippen LogP contribution is -2.52. The van der Waals surface area contributed by atoms with Gasteiger partial charge < -0.3 is 9.64 Å². The van der Waals surface area contributed by atoms with Crippen molar-refractivity contribution >= 4 is 21.8 Å². The molecule has 0 atom stereocenters. The second kappa shape index (κ2) is 7.13. The summed E-state index contributed by atoms with van der Waals surface area (Å²) in [5, 5.41) is 0. The van der Waals surface area contributed by atoms with E-state index in [2.05, 4.69) is 15.9 Å². The summed E-state index contributed by atoms with van der Waals surface area (Å²) in [5.41, 5.74) is 1.87. The maximum Gasteiger partial charge on any atom is 0.227 e. The lowest BCUT2D eigenvalue weighted by atomic mass is 10.1. The number of nitrogens with zero attached hydrogens (tertiary/aromatic N) is 1. The highest BCUT2D eigenvalue weighted by Crippen LogP contribution is 2.26. The maximum atomic E-state index is 12.9. The third-order valence-corrected chi connectivity index (χ3v) is 4.28. The summed E-state index contributed by atoms with van der Waals surface area (Å²) in [7, 11) is 0. The smallest absolute Gasteiger partial charge is 0.227 e. The third-order valence-electron chi connectivity index (χ3n) is 3.79. The van der Waals surface area contributed by atoms with Crippen molar-refractivity contribution in [3.8, 4) is 5.75 Å².